The van der Waals surface area contributed by atoms with Gasteiger partial charge in [0.25, 0.3) is 0 Å². The molecule has 0 bridgehead atoms. The zero-order chi connectivity index (χ0) is 17.2. The summed E-state index contributed by atoms with van der Waals surface area (Å²) in [7, 11) is 1.67. The normalized spacial score (nSPS) is 14.7. The molecule has 1 saturated carbocycles. The largest absolute Gasteiger partial charge is 0.480 e. The molecule has 3 aromatic rings. The third-order valence-electron chi connectivity index (χ3n) is 5.14. The van der Waals surface area contributed by atoms with E-state index >= 15 is 0 Å². The summed E-state index contributed by atoms with van der Waals surface area (Å²) in [6, 6.07) is 13.1. The number of fused-ring (bicyclic) bond motifs is 1. The fourth-order valence-corrected chi connectivity index (χ4v) is 3.97. The summed E-state index contributed by atoms with van der Waals surface area (Å²) in [5.41, 5.74) is 4.46. The Labute approximate surface area is 147 Å². The van der Waals surface area contributed by atoms with Gasteiger partial charge in [-0.25, -0.2) is 4.98 Å². The molecule has 1 aromatic carbocycles. The van der Waals surface area contributed by atoms with Gasteiger partial charge in [-0.3, -0.25) is 0 Å². The molecule has 4 nitrogen and oxygen atoms in total. The Bertz CT molecular complexity index is 945. The maximum atomic E-state index is 9.00. The summed E-state index contributed by atoms with van der Waals surface area (Å²) in [6.45, 7) is 0. The second kappa shape index (κ2) is 6.60. The predicted octanol–water partition coefficient (Wildman–Crippen LogP) is 4.89. The SMILES string of the molecule is COc1nccc2c1c(-c1cccc(CC#N)c1)cn2C1CCCC1. The molecule has 0 atom stereocenters. The quantitative estimate of drug-likeness (QED) is 0.683. The minimum absolute atomic E-state index is 0.421. The van der Waals surface area contributed by atoms with Gasteiger partial charge in [0.1, 0.15) is 0 Å². The fourth-order valence-electron chi connectivity index (χ4n) is 3.97. The zero-order valence-corrected chi connectivity index (χ0v) is 14.4. The van der Waals surface area contributed by atoms with E-state index in [0.29, 0.717) is 18.3 Å². The van der Waals surface area contributed by atoms with Crippen molar-refractivity contribution >= 4 is 10.9 Å². The number of ether oxygens (including phenoxy) is 1. The summed E-state index contributed by atoms with van der Waals surface area (Å²) < 4.78 is 7.97. The number of rotatable bonds is 4. The maximum Gasteiger partial charge on any atom is 0.223 e. The van der Waals surface area contributed by atoms with Crippen molar-refractivity contribution in [2.45, 2.75) is 38.1 Å². The molecule has 0 aliphatic heterocycles. The van der Waals surface area contributed by atoms with Gasteiger partial charge in [0, 0.05) is 24.0 Å². The molecule has 2 aromatic heterocycles. The molecule has 0 spiro atoms. The Morgan fingerprint density at radius 2 is 2.12 bits per heavy atom. The lowest BCUT2D eigenvalue weighted by Crippen LogP contribution is -2.02. The first kappa shape index (κ1) is 15.7. The minimum Gasteiger partial charge on any atom is -0.480 e. The molecular formula is C21H21N3O. The first-order valence-electron chi connectivity index (χ1n) is 8.81. The predicted molar refractivity (Wildman–Crippen MR) is 98.5 cm³/mol. The molecule has 1 aliphatic carbocycles. The van der Waals surface area contributed by atoms with Gasteiger partial charge in [0.15, 0.2) is 0 Å². The number of nitriles is 1. The van der Waals surface area contributed by atoms with E-state index in [-0.39, 0.29) is 0 Å². The van der Waals surface area contributed by atoms with Gasteiger partial charge in [-0.15, -0.1) is 0 Å². The number of benzene rings is 1. The van der Waals surface area contributed by atoms with Crippen LogP contribution in [0.15, 0.2) is 42.7 Å². The molecule has 0 amide bonds. The number of hydrogen-bond donors (Lipinski definition) is 0. The van der Waals surface area contributed by atoms with Gasteiger partial charge in [0.05, 0.1) is 30.5 Å². The topological polar surface area (TPSA) is 50.8 Å². The highest BCUT2D eigenvalue weighted by Gasteiger charge is 2.22. The second-order valence-corrected chi connectivity index (χ2v) is 6.64. The standard InChI is InChI=1S/C21H21N3O/c1-25-21-20-18(16-6-4-5-15(13-16)9-11-22)14-24(17-7-2-3-8-17)19(20)10-12-23-21/h4-6,10,12-14,17H,2-3,7-9H2,1H3. The summed E-state index contributed by atoms with van der Waals surface area (Å²) >= 11 is 0. The molecule has 2 heterocycles. The van der Waals surface area contributed by atoms with Crippen molar-refractivity contribution in [1.82, 2.24) is 9.55 Å². The van der Waals surface area contributed by atoms with Crippen LogP contribution in [0.25, 0.3) is 22.0 Å². The van der Waals surface area contributed by atoms with Crippen molar-refractivity contribution in [2.75, 3.05) is 7.11 Å². The van der Waals surface area contributed by atoms with E-state index in [9.17, 15) is 0 Å². The first-order valence-corrected chi connectivity index (χ1v) is 8.81. The van der Waals surface area contributed by atoms with Crippen LogP contribution in [-0.2, 0) is 6.42 Å². The van der Waals surface area contributed by atoms with E-state index in [1.165, 1.54) is 31.2 Å². The first-order chi connectivity index (χ1) is 12.3. The molecule has 0 radical (unpaired) electrons. The van der Waals surface area contributed by atoms with Crippen LogP contribution < -0.4 is 4.74 Å². The van der Waals surface area contributed by atoms with Crippen molar-refractivity contribution in [1.29, 1.82) is 5.26 Å². The molecule has 126 valence electrons. The lowest BCUT2D eigenvalue weighted by molar-refractivity contribution is 0.403. The molecule has 4 heteroatoms. The smallest absolute Gasteiger partial charge is 0.223 e. The number of nitrogens with zero attached hydrogens (tertiary/aromatic N) is 3. The number of pyridine rings is 1. The number of aromatic nitrogens is 2. The summed E-state index contributed by atoms with van der Waals surface area (Å²) in [5.74, 6) is 0.662. The van der Waals surface area contributed by atoms with Gasteiger partial charge in [-0.2, -0.15) is 5.26 Å². The zero-order valence-electron chi connectivity index (χ0n) is 14.4. The van der Waals surface area contributed by atoms with E-state index in [2.05, 4.69) is 40.0 Å². The third-order valence-corrected chi connectivity index (χ3v) is 5.14. The Balaban J connectivity index is 1.94. The Hall–Kier alpha value is -2.80. The highest BCUT2D eigenvalue weighted by atomic mass is 16.5. The molecule has 0 unspecified atom stereocenters. The van der Waals surface area contributed by atoms with Crippen molar-refractivity contribution in [3.05, 3.63) is 48.3 Å². The lowest BCUT2D eigenvalue weighted by atomic mass is 10.0. The molecule has 4 rings (SSSR count). The van der Waals surface area contributed by atoms with Gasteiger partial charge in [-0.05, 0) is 30.0 Å². The number of methoxy groups -OCH3 is 1. The van der Waals surface area contributed by atoms with Crippen LogP contribution in [0.5, 0.6) is 5.88 Å². The minimum atomic E-state index is 0.421. The Morgan fingerprint density at radius 1 is 1.28 bits per heavy atom. The molecular weight excluding hydrogens is 310 g/mol. The second-order valence-electron chi connectivity index (χ2n) is 6.64. The fraction of sp³-hybridized carbons (Fsp3) is 0.333. The van der Waals surface area contributed by atoms with Gasteiger partial charge < -0.3 is 9.30 Å². The van der Waals surface area contributed by atoms with Crippen LogP contribution in [0, 0.1) is 11.3 Å². The summed E-state index contributed by atoms with van der Waals surface area (Å²) in [5, 5.41) is 10.1. The lowest BCUT2D eigenvalue weighted by Gasteiger charge is -2.13. The molecule has 25 heavy (non-hydrogen) atoms. The Morgan fingerprint density at radius 3 is 2.88 bits per heavy atom. The van der Waals surface area contributed by atoms with E-state index < -0.39 is 0 Å². The highest BCUT2D eigenvalue weighted by Crippen LogP contribution is 2.40. The van der Waals surface area contributed by atoms with Crippen LogP contribution in [0.2, 0.25) is 0 Å². The van der Waals surface area contributed by atoms with Crippen LogP contribution in [0.4, 0.5) is 0 Å². The molecule has 0 N–H and O–H groups in total. The van der Waals surface area contributed by atoms with E-state index in [1.807, 2.05) is 18.3 Å². The average molecular weight is 331 g/mol. The van der Waals surface area contributed by atoms with Gasteiger partial charge >= 0.3 is 0 Å². The average Bonchev–Trinajstić information content (AvgIpc) is 3.29. The van der Waals surface area contributed by atoms with Crippen LogP contribution >= 0.6 is 0 Å². The summed E-state index contributed by atoms with van der Waals surface area (Å²) in [4.78, 5) is 4.42. The third kappa shape index (κ3) is 2.76. The van der Waals surface area contributed by atoms with E-state index in [0.717, 1.165) is 22.1 Å². The van der Waals surface area contributed by atoms with Crippen LogP contribution in [0.1, 0.15) is 37.3 Å². The molecule has 0 saturated heterocycles. The van der Waals surface area contributed by atoms with E-state index in [1.54, 1.807) is 7.11 Å². The van der Waals surface area contributed by atoms with Crippen molar-refractivity contribution in [3.8, 4) is 23.1 Å². The number of hydrogen-bond acceptors (Lipinski definition) is 3. The monoisotopic (exact) mass is 331 g/mol. The van der Waals surface area contributed by atoms with Crippen molar-refractivity contribution in [2.24, 2.45) is 0 Å². The van der Waals surface area contributed by atoms with Crippen molar-refractivity contribution < 1.29 is 4.74 Å². The summed E-state index contributed by atoms with van der Waals surface area (Å²) in [6.07, 6.45) is 9.52. The molecule has 1 aliphatic rings. The van der Waals surface area contributed by atoms with Gasteiger partial charge in [-0.1, -0.05) is 37.1 Å². The van der Waals surface area contributed by atoms with E-state index in [4.69, 9.17) is 10.00 Å². The highest BCUT2D eigenvalue weighted by molar-refractivity contribution is 5.99. The Kier molecular flexibility index (Phi) is 4.15. The van der Waals surface area contributed by atoms with Crippen LogP contribution in [0.3, 0.4) is 0 Å². The van der Waals surface area contributed by atoms with Crippen molar-refractivity contribution in [3.63, 3.8) is 0 Å². The van der Waals surface area contributed by atoms with Gasteiger partial charge in [0.2, 0.25) is 5.88 Å². The maximum absolute atomic E-state index is 9.00. The molecule has 1 fully saturated rings. The van der Waals surface area contributed by atoms with Crippen LogP contribution in [-0.4, -0.2) is 16.7 Å².